The van der Waals surface area contributed by atoms with E-state index in [4.69, 9.17) is 0 Å². The molecule has 4 aromatic rings. The molecule has 1 aliphatic rings. The minimum Gasteiger partial charge on any atom is -0.337 e. The zero-order valence-corrected chi connectivity index (χ0v) is 18.8. The van der Waals surface area contributed by atoms with Crippen LogP contribution in [0.25, 0.3) is 10.9 Å². The standard InChI is InChI=1S/C26H23FN2O3S/c27-22-11-9-19(10-12-22)18-33(31,32)25-16-29(24-8-4-3-7-23(24)25)17-26(30)28-14-13-20-5-1-2-6-21(20)15-28/h1-12,16H,13-15,17-18H2. The highest BCUT2D eigenvalue weighted by Crippen LogP contribution is 2.28. The minimum atomic E-state index is -3.70. The molecule has 0 saturated carbocycles. The number of benzene rings is 3. The van der Waals surface area contributed by atoms with Crippen LogP contribution in [0.1, 0.15) is 16.7 Å². The average molecular weight is 463 g/mol. The summed E-state index contributed by atoms with van der Waals surface area (Å²) in [6, 6.07) is 20.8. The Kier molecular flexibility index (Phi) is 5.50. The van der Waals surface area contributed by atoms with Gasteiger partial charge in [0.1, 0.15) is 12.4 Å². The highest BCUT2D eigenvalue weighted by Gasteiger charge is 2.25. The number of rotatable bonds is 5. The molecule has 7 heteroatoms. The second-order valence-electron chi connectivity index (χ2n) is 8.36. The third kappa shape index (κ3) is 4.28. The molecule has 0 radical (unpaired) electrons. The van der Waals surface area contributed by atoms with Crippen LogP contribution in [0, 0.1) is 5.82 Å². The Bertz CT molecular complexity index is 1440. The maximum atomic E-state index is 13.2. The van der Waals surface area contributed by atoms with Gasteiger partial charge in [-0.2, -0.15) is 0 Å². The van der Waals surface area contributed by atoms with E-state index in [9.17, 15) is 17.6 Å². The summed E-state index contributed by atoms with van der Waals surface area (Å²) < 4.78 is 41.4. The molecule has 3 aromatic carbocycles. The van der Waals surface area contributed by atoms with Crippen LogP contribution < -0.4 is 0 Å². The fourth-order valence-corrected chi connectivity index (χ4v) is 6.01. The predicted octanol–water partition coefficient (Wildman–Crippen LogP) is 4.34. The first-order valence-corrected chi connectivity index (χ1v) is 12.5. The summed E-state index contributed by atoms with van der Waals surface area (Å²) >= 11 is 0. The van der Waals surface area contributed by atoms with Gasteiger partial charge in [-0.3, -0.25) is 4.79 Å². The monoisotopic (exact) mass is 462 g/mol. The molecule has 0 fully saturated rings. The molecule has 1 aliphatic heterocycles. The van der Waals surface area contributed by atoms with Crippen LogP contribution in [-0.2, 0) is 39.9 Å². The lowest BCUT2D eigenvalue weighted by Gasteiger charge is -2.29. The van der Waals surface area contributed by atoms with Gasteiger partial charge >= 0.3 is 0 Å². The molecule has 5 rings (SSSR count). The van der Waals surface area contributed by atoms with E-state index in [0.29, 0.717) is 29.6 Å². The van der Waals surface area contributed by atoms with Crippen molar-refractivity contribution >= 4 is 26.6 Å². The van der Waals surface area contributed by atoms with Gasteiger partial charge in [-0.15, -0.1) is 0 Å². The summed E-state index contributed by atoms with van der Waals surface area (Å²) in [5.41, 5.74) is 3.62. The van der Waals surface area contributed by atoms with Gasteiger partial charge in [0.2, 0.25) is 5.91 Å². The van der Waals surface area contributed by atoms with Crippen molar-refractivity contribution in [2.75, 3.05) is 6.54 Å². The number of nitrogens with zero attached hydrogens (tertiary/aromatic N) is 2. The lowest BCUT2D eigenvalue weighted by Crippen LogP contribution is -2.37. The Morgan fingerprint density at radius 1 is 0.909 bits per heavy atom. The number of para-hydroxylation sites is 1. The number of hydrogen-bond acceptors (Lipinski definition) is 3. The lowest BCUT2D eigenvalue weighted by molar-refractivity contribution is -0.132. The van der Waals surface area contributed by atoms with Gasteiger partial charge in [0.15, 0.2) is 9.84 Å². The molecule has 1 aromatic heterocycles. The summed E-state index contributed by atoms with van der Waals surface area (Å²) in [7, 11) is -3.70. The fourth-order valence-electron chi connectivity index (χ4n) is 4.42. The third-order valence-electron chi connectivity index (χ3n) is 6.15. The van der Waals surface area contributed by atoms with Gasteiger partial charge in [0.05, 0.1) is 10.6 Å². The van der Waals surface area contributed by atoms with E-state index in [1.165, 1.54) is 29.8 Å². The quantitative estimate of drug-likeness (QED) is 0.443. The number of amides is 1. The van der Waals surface area contributed by atoms with Crippen molar-refractivity contribution in [3.8, 4) is 0 Å². The third-order valence-corrected chi connectivity index (χ3v) is 7.85. The molecular weight excluding hydrogens is 439 g/mol. The number of halogens is 1. The highest BCUT2D eigenvalue weighted by molar-refractivity contribution is 7.90. The van der Waals surface area contributed by atoms with E-state index in [1.807, 2.05) is 35.2 Å². The van der Waals surface area contributed by atoms with Crippen LogP contribution in [0.15, 0.2) is 83.9 Å². The second kappa shape index (κ2) is 8.48. The zero-order chi connectivity index (χ0) is 23.0. The van der Waals surface area contributed by atoms with E-state index < -0.39 is 15.7 Å². The van der Waals surface area contributed by atoms with Gasteiger partial charge < -0.3 is 9.47 Å². The Hall–Kier alpha value is -3.45. The second-order valence-corrected chi connectivity index (χ2v) is 10.3. The predicted molar refractivity (Wildman–Crippen MR) is 125 cm³/mol. The van der Waals surface area contributed by atoms with Crippen molar-refractivity contribution < 1.29 is 17.6 Å². The average Bonchev–Trinajstić information content (AvgIpc) is 3.19. The van der Waals surface area contributed by atoms with E-state index >= 15 is 0 Å². The number of carbonyl (C=O) groups is 1. The van der Waals surface area contributed by atoms with Crippen molar-refractivity contribution in [2.45, 2.75) is 30.2 Å². The highest BCUT2D eigenvalue weighted by atomic mass is 32.2. The number of fused-ring (bicyclic) bond motifs is 2. The van der Waals surface area contributed by atoms with Crippen LogP contribution in [0.4, 0.5) is 4.39 Å². The number of carbonyl (C=O) groups excluding carboxylic acids is 1. The number of aromatic nitrogens is 1. The van der Waals surface area contributed by atoms with Crippen LogP contribution in [0.3, 0.4) is 0 Å². The Morgan fingerprint density at radius 3 is 2.39 bits per heavy atom. The molecule has 0 unspecified atom stereocenters. The number of sulfone groups is 1. The van der Waals surface area contributed by atoms with E-state index in [-0.39, 0.29) is 23.1 Å². The molecule has 0 bridgehead atoms. The van der Waals surface area contributed by atoms with Gasteiger partial charge in [0.25, 0.3) is 0 Å². The summed E-state index contributed by atoms with van der Waals surface area (Å²) in [4.78, 5) is 15.1. The van der Waals surface area contributed by atoms with Crippen LogP contribution in [0.5, 0.6) is 0 Å². The normalized spacial score (nSPS) is 13.8. The maximum Gasteiger partial charge on any atom is 0.242 e. The topological polar surface area (TPSA) is 59.4 Å². The molecule has 33 heavy (non-hydrogen) atoms. The zero-order valence-electron chi connectivity index (χ0n) is 17.9. The van der Waals surface area contributed by atoms with Gasteiger partial charge in [-0.1, -0.05) is 54.6 Å². The molecule has 0 N–H and O–H groups in total. The van der Waals surface area contributed by atoms with Crippen LogP contribution >= 0.6 is 0 Å². The summed E-state index contributed by atoms with van der Waals surface area (Å²) in [5, 5.41) is 0.580. The van der Waals surface area contributed by atoms with Crippen molar-refractivity contribution in [1.82, 2.24) is 9.47 Å². The summed E-state index contributed by atoms with van der Waals surface area (Å²) in [5.74, 6) is -0.697. The van der Waals surface area contributed by atoms with Gasteiger partial charge in [0, 0.05) is 30.2 Å². The van der Waals surface area contributed by atoms with Crippen molar-refractivity contribution in [1.29, 1.82) is 0 Å². The Morgan fingerprint density at radius 2 is 1.61 bits per heavy atom. The Labute approximate surface area is 192 Å². The lowest BCUT2D eigenvalue weighted by atomic mass is 10.00. The maximum absolute atomic E-state index is 13.2. The van der Waals surface area contributed by atoms with Crippen LogP contribution in [-0.4, -0.2) is 30.3 Å². The van der Waals surface area contributed by atoms with E-state index in [1.54, 1.807) is 22.9 Å². The molecule has 1 amide bonds. The number of hydrogen-bond donors (Lipinski definition) is 0. The van der Waals surface area contributed by atoms with Gasteiger partial charge in [-0.05, 0) is 41.3 Å². The molecule has 168 valence electrons. The molecule has 0 saturated heterocycles. The molecule has 5 nitrogen and oxygen atoms in total. The largest absolute Gasteiger partial charge is 0.337 e. The van der Waals surface area contributed by atoms with E-state index in [0.717, 1.165) is 12.0 Å². The first-order chi connectivity index (χ1) is 15.9. The van der Waals surface area contributed by atoms with Gasteiger partial charge in [-0.25, -0.2) is 12.8 Å². The molecule has 0 aliphatic carbocycles. The smallest absolute Gasteiger partial charge is 0.242 e. The first-order valence-electron chi connectivity index (χ1n) is 10.8. The Balaban J connectivity index is 1.43. The molecule has 0 spiro atoms. The summed E-state index contributed by atoms with van der Waals surface area (Å²) in [6.07, 6.45) is 2.37. The van der Waals surface area contributed by atoms with Crippen molar-refractivity contribution in [2.24, 2.45) is 0 Å². The molecule has 0 atom stereocenters. The summed E-state index contributed by atoms with van der Waals surface area (Å²) in [6.45, 7) is 1.27. The first kappa shape index (κ1) is 21.4. The molecule has 2 heterocycles. The fraction of sp³-hybridized carbons (Fsp3) is 0.192. The van der Waals surface area contributed by atoms with E-state index in [2.05, 4.69) is 6.07 Å². The van der Waals surface area contributed by atoms with Crippen LogP contribution in [0.2, 0.25) is 0 Å². The molecular formula is C26H23FN2O3S. The SMILES string of the molecule is O=C(Cn1cc(S(=O)(=O)Cc2ccc(F)cc2)c2ccccc21)N1CCc2ccccc2C1. The van der Waals surface area contributed by atoms with Crippen molar-refractivity contribution in [3.05, 3.63) is 102 Å². The minimum absolute atomic E-state index is 0.0484. The van der Waals surface area contributed by atoms with Crippen molar-refractivity contribution in [3.63, 3.8) is 0 Å².